The van der Waals surface area contributed by atoms with Gasteiger partial charge in [0.15, 0.2) is 11.7 Å². The minimum Gasteiger partial charge on any atom is -0.477 e. The van der Waals surface area contributed by atoms with Gasteiger partial charge < -0.3 is 4.74 Å². The normalized spacial score (nSPS) is 15.3. The molecule has 0 atom stereocenters. The number of para-hydroxylation sites is 1. The van der Waals surface area contributed by atoms with Crippen LogP contribution in [-0.4, -0.2) is 23.5 Å². The Kier molecular flexibility index (Phi) is 6.81. The molecule has 0 bridgehead atoms. The Balaban J connectivity index is 2.01. The number of nitriles is 1. The Morgan fingerprint density at radius 1 is 1.24 bits per heavy atom. The molecular weight excluding hydrogens is 623 g/mol. The fourth-order valence-corrected chi connectivity index (χ4v) is 4.98. The molecule has 0 unspecified atom stereocenters. The van der Waals surface area contributed by atoms with Crippen LogP contribution in [0.4, 0.5) is 10.1 Å². The second-order valence-electron chi connectivity index (χ2n) is 5.67. The maximum absolute atomic E-state index is 14.2. The van der Waals surface area contributed by atoms with Crippen LogP contribution in [0.15, 0.2) is 42.0 Å². The molecule has 29 heavy (non-hydrogen) atoms. The summed E-state index contributed by atoms with van der Waals surface area (Å²) in [6.07, 6.45) is 1.41. The third-order valence-electron chi connectivity index (χ3n) is 3.81. The summed E-state index contributed by atoms with van der Waals surface area (Å²) >= 11 is 9.16. The molecule has 6 nitrogen and oxygen atoms in total. The van der Waals surface area contributed by atoms with Crippen LogP contribution >= 0.6 is 57.4 Å². The Bertz CT molecular complexity index is 1090. The van der Waals surface area contributed by atoms with Crippen LogP contribution < -0.4 is 15.0 Å². The Labute approximate surface area is 198 Å². The minimum absolute atomic E-state index is 0.0437. The van der Waals surface area contributed by atoms with Crippen molar-refractivity contribution in [3.8, 4) is 11.8 Å². The molecule has 10 heteroatoms. The summed E-state index contributed by atoms with van der Waals surface area (Å²) < 4.78 is 21.0. The monoisotopic (exact) mass is 633 g/mol. The lowest BCUT2D eigenvalue weighted by Crippen LogP contribution is -2.54. The third kappa shape index (κ3) is 4.57. The van der Waals surface area contributed by atoms with Gasteiger partial charge in [0.25, 0.3) is 11.8 Å². The molecule has 2 amide bonds. The lowest BCUT2D eigenvalue weighted by atomic mass is 10.1. The van der Waals surface area contributed by atoms with E-state index in [1.165, 1.54) is 24.3 Å². The fourth-order valence-electron chi connectivity index (χ4n) is 2.58. The lowest BCUT2D eigenvalue weighted by molar-refractivity contribution is -0.122. The van der Waals surface area contributed by atoms with Crippen molar-refractivity contribution in [3.05, 3.63) is 60.5 Å². The molecule has 146 valence electrons. The van der Waals surface area contributed by atoms with E-state index in [1.54, 1.807) is 18.2 Å². The van der Waals surface area contributed by atoms with Crippen LogP contribution in [0, 0.1) is 24.3 Å². The van der Waals surface area contributed by atoms with Gasteiger partial charge in [0.2, 0.25) is 0 Å². The van der Waals surface area contributed by atoms with Gasteiger partial charge in [-0.25, -0.2) is 9.29 Å². The van der Waals surface area contributed by atoms with E-state index in [0.717, 1.165) is 4.90 Å². The largest absolute Gasteiger partial charge is 0.477 e. The molecule has 1 saturated heterocycles. The van der Waals surface area contributed by atoms with Crippen LogP contribution in [0.5, 0.6) is 5.75 Å². The summed E-state index contributed by atoms with van der Waals surface area (Å²) in [7, 11) is 0. The Morgan fingerprint density at radius 3 is 2.52 bits per heavy atom. The van der Waals surface area contributed by atoms with E-state index in [4.69, 9.17) is 22.2 Å². The molecule has 2 aromatic rings. The number of halogens is 3. The van der Waals surface area contributed by atoms with Crippen molar-refractivity contribution in [1.82, 2.24) is 5.32 Å². The zero-order valence-corrected chi connectivity index (χ0v) is 19.5. The van der Waals surface area contributed by atoms with E-state index in [0.29, 0.717) is 18.5 Å². The third-order valence-corrected chi connectivity index (χ3v) is 5.69. The van der Waals surface area contributed by atoms with Gasteiger partial charge in [-0.05, 0) is 93.3 Å². The van der Waals surface area contributed by atoms with Crippen LogP contribution in [0.3, 0.4) is 0 Å². The van der Waals surface area contributed by atoms with Gasteiger partial charge in [-0.2, -0.15) is 5.26 Å². The molecule has 2 aromatic carbocycles. The van der Waals surface area contributed by atoms with Crippen molar-refractivity contribution < 1.29 is 18.7 Å². The van der Waals surface area contributed by atoms with Gasteiger partial charge in [-0.3, -0.25) is 14.9 Å². The topological polar surface area (TPSA) is 82.4 Å². The van der Waals surface area contributed by atoms with E-state index in [2.05, 4.69) is 5.32 Å². The molecule has 1 fully saturated rings. The first-order valence-electron chi connectivity index (χ1n) is 7.98. The molecule has 0 aromatic heterocycles. The summed E-state index contributed by atoms with van der Waals surface area (Å²) in [5.74, 6) is -1.48. The number of ether oxygens (including phenoxy) is 1. The highest BCUT2D eigenvalue weighted by atomic mass is 127. The molecule has 1 N–H and O–H groups in total. The second kappa shape index (κ2) is 9.14. The number of anilines is 1. The molecule has 0 aliphatic carbocycles. The highest BCUT2D eigenvalue weighted by Gasteiger charge is 2.35. The molecule has 1 aliphatic rings. The zero-order chi connectivity index (χ0) is 21.1. The van der Waals surface area contributed by atoms with E-state index < -0.39 is 17.6 Å². The maximum atomic E-state index is 14.2. The molecule has 0 radical (unpaired) electrons. The molecule has 3 rings (SSSR count). The number of hydrogen-bond acceptors (Lipinski definition) is 5. The fraction of sp³-hybridized carbons (Fsp3) is 0.0526. The molecule has 1 heterocycles. The maximum Gasteiger partial charge on any atom is 0.270 e. The Morgan fingerprint density at radius 2 is 1.90 bits per heavy atom. The van der Waals surface area contributed by atoms with Gasteiger partial charge in [0.05, 0.1) is 12.8 Å². The lowest BCUT2D eigenvalue weighted by Gasteiger charge is -2.29. The predicted octanol–water partition coefficient (Wildman–Crippen LogP) is 3.77. The SMILES string of the molecule is N#CCOc1c(I)cc(/C=C2\C(=O)NC(=S)N(c3ccccc3F)C2=O)cc1I. The van der Waals surface area contributed by atoms with E-state index in [-0.39, 0.29) is 23.0 Å². The summed E-state index contributed by atoms with van der Waals surface area (Å²) in [6, 6.07) is 11.0. The summed E-state index contributed by atoms with van der Waals surface area (Å²) in [5, 5.41) is 10.9. The molecule has 0 spiro atoms. The quantitative estimate of drug-likeness (QED) is 0.240. The number of benzene rings is 2. The summed E-state index contributed by atoms with van der Waals surface area (Å²) in [6.45, 7) is -0.0949. The molecular formula is C19H10FI2N3O3S. The first-order valence-corrected chi connectivity index (χ1v) is 10.5. The van der Waals surface area contributed by atoms with Gasteiger partial charge in [-0.15, -0.1) is 0 Å². The highest BCUT2D eigenvalue weighted by molar-refractivity contribution is 14.1. The van der Waals surface area contributed by atoms with E-state index in [9.17, 15) is 14.0 Å². The highest BCUT2D eigenvalue weighted by Crippen LogP contribution is 2.31. The number of rotatable bonds is 4. The minimum atomic E-state index is -0.723. The first kappa shape index (κ1) is 21.6. The number of thiocarbonyl (C=S) groups is 1. The van der Waals surface area contributed by atoms with Crippen molar-refractivity contribution in [2.75, 3.05) is 11.5 Å². The van der Waals surface area contributed by atoms with Crippen molar-refractivity contribution in [2.24, 2.45) is 0 Å². The number of nitrogens with one attached hydrogen (secondary N) is 1. The standard InChI is InChI=1S/C19H10FI2N3O3S/c20-12-3-1-2-4-15(12)25-18(27)11(17(26)24-19(25)29)7-10-8-13(21)16(14(22)9-10)28-6-5-23/h1-4,7-9H,6H2,(H,24,26,29)/b11-7+. The van der Waals surface area contributed by atoms with Crippen molar-refractivity contribution in [2.45, 2.75) is 0 Å². The molecule has 0 saturated carbocycles. The van der Waals surface area contributed by atoms with Gasteiger partial charge in [0.1, 0.15) is 23.2 Å². The van der Waals surface area contributed by atoms with Crippen molar-refractivity contribution in [1.29, 1.82) is 5.26 Å². The number of amides is 2. The predicted molar refractivity (Wildman–Crippen MR) is 126 cm³/mol. The van der Waals surface area contributed by atoms with E-state index >= 15 is 0 Å². The summed E-state index contributed by atoms with van der Waals surface area (Å²) in [4.78, 5) is 26.3. The van der Waals surface area contributed by atoms with Gasteiger partial charge in [-0.1, -0.05) is 12.1 Å². The molecule has 1 aliphatic heterocycles. The number of carbonyl (C=O) groups excluding carboxylic acids is 2. The van der Waals surface area contributed by atoms with Gasteiger partial charge >= 0.3 is 0 Å². The number of hydrogen-bond donors (Lipinski definition) is 1. The number of carbonyl (C=O) groups is 2. The average Bonchev–Trinajstić information content (AvgIpc) is 2.66. The van der Waals surface area contributed by atoms with E-state index in [1.807, 2.05) is 51.3 Å². The second-order valence-corrected chi connectivity index (χ2v) is 8.38. The average molecular weight is 633 g/mol. The Hall–Kier alpha value is -2.11. The zero-order valence-electron chi connectivity index (χ0n) is 14.4. The van der Waals surface area contributed by atoms with Crippen molar-refractivity contribution >= 4 is 86.1 Å². The van der Waals surface area contributed by atoms with Crippen LogP contribution in [-0.2, 0) is 9.59 Å². The smallest absolute Gasteiger partial charge is 0.270 e. The summed E-state index contributed by atoms with van der Waals surface area (Å²) in [5.41, 5.74) is 0.347. The van der Waals surface area contributed by atoms with Crippen LogP contribution in [0.1, 0.15) is 5.56 Å². The van der Waals surface area contributed by atoms with Crippen LogP contribution in [0.2, 0.25) is 0 Å². The number of nitrogens with zero attached hydrogens (tertiary/aromatic N) is 2. The van der Waals surface area contributed by atoms with Crippen molar-refractivity contribution in [3.63, 3.8) is 0 Å². The van der Waals surface area contributed by atoms with Crippen LogP contribution in [0.25, 0.3) is 6.08 Å². The first-order chi connectivity index (χ1) is 13.8. The van der Waals surface area contributed by atoms with Gasteiger partial charge in [0, 0.05) is 0 Å².